The number of likely N-dealkylation sites (N-methyl/N-ethyl adjacent to an activating group) is 1. The van der Waals surface area contributed by atoms with Gasteiger partial charge in [-0.3, -0.25) is 14.5 Å². The Bertz CT molecular complexity index is 355. The van der Waals surface area contributed by atoms with Crippen LogP contribution < -0.4 is 5.32 Å². The first-order valence-electron chi connectivity index (χ1n) is 7.64. The summed E-state index contributed by atoms with van der Waals surface area (Å²) in [6, 6.07) is 0. The van der Waals surface area contributed by atoms with Crippen LogP contribution >= 0.6 is 0 Å². The van der Waals surface area contributed by atoms with E-state index in [9.17, 15) is 9.59 Å². The number of carbonyl (C=O) groups is 2. The second kappa shape index (κ2) is 7.75. The Hall–Kier alpha value is -1.14. The van der Waals surface area contributed by atoms with E-state index in [1.807, 2.05) is 4.90 Å². The van der Waals surface area contributed by atoms with E-state index >= 15 is 0 Å². The molecule has 1 rings (SSSR count). The molecular weight excluding hydrogens is 268 g/mol. The zero-order chi connectivity index (χ0) is 16.0. The van der Waals surface area contributed by atoms with Gasteiger partial charge in [-0.25, -0.2) is 0 Å². The lowest BCUT2D eigenvalue weighted by Gasteiger charge is -2.35. The van der Waals surface area contributed by atoms with Gasteiger partial charge in [0.05, 0.1) is 6.54 Å². The van der Waals surface area contributed by atoms with E-state index in [4.69, 9.17) is 0 Å². The normalized spacial score (nSPS) is 16.9. The molecule has 0 aromatic carbocycles. The van der Waals surface area contributed by atoms with E-state index in [-0.39, 0.29) is 17.4 Å². The average molecular weight is 298 g/mol. The molecule has 1 heterocycles. The molecule has 0 radical (unpaired) electrons. The van der Waals surface area contributed by atoms with E-state index in [1.54, 1.807) is 19.0 Å². The minimum atomic E-state index is 0.0471. The Kier molecular flexibility index (Phi) is 6.61. The lowest BCUT2D eigenvalue weighted by atomic mass is 10.1. The van der Waals surface area contributed by atoms with Crippen molar-refractivity contribution < 1.29 is 9.59 Å². The van der Waals surface area contributed by atoms with E-state index in [0.717, 1.165) is 26.2 Å². The van der Waals surface area contributed by atoms with Crippen molar-refractivity contribution in [2.24, 2.45) is 0 Å². The predicted molar refractivity (Wildman–Crippen MR) is 84.1 cm³/mol. The molecule has 0 bridgehead atoms. The first kappa shape index (κ1) is 17.9. The van der Waals surface area contributed by atoms with E-state index in [1.165, 1.54) is 0 Å². The molecular formula is C15H30N4O2. The van der Waals surface area contributed by atoms with Crippen LogP contribution in [0, 0.1) is 0 Å². The first-order valence-corrected chi connectivity index (χ1v) is 7.64. The Morgan fingerprint density at radius 1 is 1.10 bits per heavy atom. The third kappa shape index (κ3) is 6.91. The van der Waals surface area contributed by atoms with Gasteiger partial charge in [-0.2, -0.15) is 0 Å². The third-order valence-electron chi connectivity index (χ3n) is 3.58. The molecule has 21 heavy (non-hydrogen) atoms. The van der Waals surface area contributed by atoms with Gasteiger partial charge < -0.3 is 15.1 Å². The van der Waals surface area contributed by atoms with Crippen LogP contribution in [0.3, 0.4) is 0 Å². The first-order chi connectivity index (χ1) is 9.69. The summed E-state index contributed by atoms with van der Waals surface area (Å²) in [4.78, 5) is 29.4. The van der Waals surface area contributed by atoms with Crippen LogP contribution in [0.2, 0.25) is 0 Å². The number of piperazine rings is 1. The zero-order valence-corrected chi connectivity index (χ0v) is 14.1. The number of hydrogen-bond acceptors (Lipinski definition) is 4. The summed E-state index contributed by atoms with van der Waals surface area (Å²) in [5.74, 6) is 0.314. The van der Waals surface area contributed by atoms with Crippen LogP contribution in [0.1, 0.15) is 27.2 Å². The van der Waals surface area contributed by atoms with Crippen molar-refractivity contribution in [3.8, 4) is 0 Å². The van der Waals surface area contributed by atoms with Crippen LogP contribution in [0.25, 0.3) is 0 Å². The largest absolute Gasteiger partial charge is 0.348 e. The van der Waals surface area contributed by atoms with E-state index < -0.39 is 0 Å². The van der Waals surface area contributed by atoms with Gasteiger partial charge in [-0.05, 0) is 20.8 Å². The highest BCUT2D eigenvalue weighted by Gasteiger charge is 2.22. The van der Waals surface area contributed by atoms with Crippen molar-refractivity contribution >= 4 is 11.8 Å². The number of rotatable bonds is 5. The lowest BCUT2D eigenvalue weighted by molar-refractivity contribution is -0.134. The highest BCUT2D eigenvalue weighted by atomic mass is 16.2. The number of nitrogens with one attached hydrogen (secondary N) is 1. The molecule has 1 fully saturated rings. The van der Waals surface area contributed by atoms with Gasteiger partial charge in [0.15, 0.2) is 0 Å². The van der Waals surface area contributed by atoms with Gasteiger partial charge in [0.25, 0.3) is 0 Å². The molecule has 1 N–H and O–H groups in total. The average Bonchev–Trinajstić information content (AvgIpc) is 2.37. The maximum atomic E-state index is 12.1. The summed E-state index contributed by atoms with van der Waals surface area (Å²) < 4.78 is 0. The van der Waals surface area contributed by atoms with Crippen molar-refractivity contribution in [1.82, 2.24) is 20.0 Å². The molecule has 0 aromatic rings. The van der Waals surface area contributed by atoms with Crippen molar-refractivity contribution in [3.63, 3.8) is 0 Å². The second-order valence-corrected chi connectivity index (χ2v) is 6.87. The summed E-state index contributed by atoms with van der Waals surface area (Å²) in [5, 5.41) is 3.33. The fourth-order valence-corrected chi connectivity index (χ4v) is 2.19. The molecule has 0 spiro atoms. The Balaban J connectivity index is 2.26. The van der Waals surface area contributed by atoms with Gasteiger partial charge in [0.2, 0.25) is 11.8 Å². The summed E-state index contributed by atoms with van der Waals surface area (Å²) in [5.41, 5.74) is 0.0471. The zero-order valence-electron chi connectivity index (χ0n) is 14.1. The molecule has 122 valence electrons. The number of carbonyl (C=O) groups excluding carboxylic acids is 2. The third-order valence-corrected chi connectivity index (χ3v) is 3.58. The van der Waals surface area contributed by atoms with Crippen LogP contribution in [0.15, 0.2) is 0 Å². The summed E-state index contributed by atoms with van der Waals surface area (Å²) >= 11 is 0. The number of hydrogen-bond donors (Lipinski definition) is 1. The molecule has 0 atom stereocenters. The SMILES string of the molecule is CN(C)C(=O)CN1CCN(C(=O)CCNC(C)(C)C)CC1. The quantitative estimate of drug-likeness (QED) is 0.776. The van der Waals surface area contributed by atoms with Gasteiger partial charge in [0.1, 0.15) is 0 Å². The smallest absolute Gasteiger partial charge is 0.236 e. The molecule has 6 heteroatoms. The fraction of sp³-hybridized carbons (Fsp3) is 0.867. The maximum absolute atomic E-state index is 12.1. The standard InChI is InChI=1S/C15H30N4O2/c1-15(2,3)16-7-6-13(20)19-10-8-18(9-11-19)12-14(21)17(4)5/h16H,6-12H2,1-5H3. The topological polar surface area (TPSA) is 55.9 Å². The minimum Gasteiger partial charge on any atom is -0.348 e. The van der Waals surface area contributed by atoms with Crippen LogP contribution in [0.5, 0.6) is 0 Å². The van der Waals surface area contributed by atoms with Crippen molar-refractivity contribution in [2.75, 3.05) is 53.4 Å². The molecule has 0 aromatic heterocycles. The van der Waals surface area contributed by atoms with E-state index in [2.05, 4.69) is 31.0 Å². The van der Waals surface area contributed by atoms with Gasteiger partial charge in [0, 0.05) is 58.8 Å². The van der Waals surface area contributed by atoms with Crippen LogP contribution in [-0.2, 0) is 9.59 Å². The maximum Gasteiger partial charge on any atom is 0.236 e. The van der Waals surface area contributed by atoms with Crippen molar-refractivity contribution in [2.45, 2.75) is 32.7 Å². The predicted octanol–water partition coefficient (Wildman–Crippen LogP) is -0.00300. The Morgan fingerprint density at radius 3 is 2.14 bits per heavy atom. The molecule has 2 amide bonds. The highest BCUT2D eigenvalue weighted by molar-refractivity contribution is 5.78. The van der Waals surface area contributed by atoms with Crippen molar-refractivity contribution in [3.05, 3.63) is 0 Å². The minimum absolute atomic E-state index is 0.0471. The molecule has 1 aliphatic heterocycles. The lowest BCUT2D eigenvalue weighted by Crippen LogP contribution is -2.51. The van der Waals surface area contributed by atoms with E-state index in [0.29, 0.717) is 19.5 Å². The summed E-state index contributed by atoms with van der Waals surface area (Å²) in [6.45, 7) is 10.4. The summed E-state index contributed by atoms with van der Waals surface area (Å²) in [7, 11) is 3.54. The number of amides is 2. The Morgan fingerprint density at radius 2 is 1.67 bits per heavy atom. The molecule has 0 unspecified atom stereocenters. The fourth-order valence-electron chi connectivity index (χ4n) is 2.19. The van der Waals surface area contributed by atoms with Gasteiger partial charge in [-0.15, -0.1) is 0 Å². The molecule has 6 nitrogen and oxygen atoms in total. The summed E-state index contributed by atoms with van der Waals surface area (Å²) in [6.07, 6.45) is 0.536. The van der Waals surface area contributed by atoms with Crippen molar-refractivity contribution in [1.29, 1.82) is 0 Å². The van der Waals surface area contributed by atoms with Crippen LogP contribution in [0.4, 0.5) is 0 Å². The second-order valence-electron chi connectivity index (χ2n) is 6.87. The molecule has 1 saturated heterocycles. The highest BCUT2D eigenvalue weighted by Crippen LogP contribution is 2.05. The number of nitrogens with zero attached hydrogens (tertiary/aromatic N) is 3. The van der Waals surface area contributed by atoms with Gasteiger partial charge in [-0.1, -0.05) is 0 Å². The molecule has 0 saturated carbocycles. The monoisotopic (exact) mass is 298 g/mol. The van der Waals surface area contributed by atoms with Crippen LogP contribution in [-0.4, -0.2) is 85.4 Å². The molecule has 0 aliphatic carbocycles. The Labute approximate surface area is 128 Å². The van der Waals surface area contributed by atoms with Gasteiger partial charge >= 0.3 is 0 Å². The molecule has 1 aliphatic rings.